The van der Waals surface area contributed by atoms with Crippen LogP contribution in [0.15, 0.2) is 18.6 Å². The van der Waals surface area contributed by atoms with Gasteiger partial charge in [0.05, 0.1) is 29.3 Å². The van der Waals surface area contributed by atoms with Crippen molar-refractivity contribution in [1.29, 1.82) is 0 Å². The molecule has 0 aliphatic rings. The van der Waals surface area contributed by atoms with Crippen LogP contribution in [-0.2, 0) is 18.0 Å². The van der Waals surface area contributed by atoms with Gasteiger partial charge in [-0.25, -0.2) is 4.68 Å². The number of amides is 1. The van der Waals surface area contributed by atoms with E-state index in [1.165, 1.54) is 6.20 Å². The lowest BCUT2D eigenvalue weighted by molar-refractivity contribution is 0.0792. The van der Waals surface area contributed by atoms with E-state index in [1.54, 1.807) is 21.8 Å². The molecule has 0 spiro atoms. The number of halogens is 1. The molecule has 108 valence electrons. The van der Waals surface area contributed by atoms with E-state index in [0.29, 0.717) is 36.3 Å². The van der Waals surface area contributed by atoms with Crippen molar-refractivity contribution in [2.24, 2.45) is 0 Å². The fourth-order valence-electron chi connectivity index (χ4n) is 1.70. The highest BCUT2D eigenvalue weighted by Gasteiger charge is 2.17. The molecule has 2 aromatic heterocycles. The summed E-state index contributed by atoms with van der Waals surface area (Å²) in [6.07, 6.45) is 4.70. The minimum absolute atomic E-state index is 0.315. The average Bonchev–Trinajstić information content (AvgIpc) is 3.02. The van der Waals surface area contributed by atoms with Crippen LogP contribution in [0.5, 0.6) is 0 Å². The molecule has 0 saturated carbocycles. The molecule has 0 aliphatic heterocycles. The molecule has 7 nitrogen and oxygen atoms in total. The van der Waals surface area contributed by atoms with E-state index in [2.05, 4.69) is 15.5 Å². The van der Waals surface area contributed by atoms with E-state index in [1.807, 2.05) is 13.8 Å². The standard InChI is InChI=1S/C12H16ClN5O2/c1-3-18-11(10(13)6-15-18)12(19)16-9-5-14-17(7-9)8-20-4-2/h5-7H,3-4,8H2,1-2H3,(H,16,19). The molecule has 0 atom stereocenters. The Bertz CT molecular complexity index is 592. The monoisotopic (exact) mass is 297 g/mol. The number of nitrogens with one attached hydrogen (secondary N) is 1. The lowest BCUT2D eigenvalue weighted by atomic mass is 10.4. The van der Waals surface area contributed by atoms with Crippen LogP contribution >= 0.6 is 11.6 Å². The van der Waals surface area contributed by atoms with Gasteiger partial charge in [0.2, 0.25) is 0 Å². The van der Waals surface area contributed by atoms with Gasteiger partial charge in [-0.1, -0.05) is 11.6 Å². The smallest absolute Gasteiger partial charge is 0.275 e. The maximum atomic E-state index is 12.2. The van der Waals surface area contributed by atoms with Crippen LogP contribution in [0.1, 0.15) is 24.3 Å². The minimum atomic E-state index is -0.315. The molecule has 2 rings (SSSR count). The van der Waals surface area contributed by atoms with Crippen LogP contribution < -0.4 is 5.32 Å². The molecular weight excluding hydrogens is 282 g/mol. The van der Waals surface area contributed by atoms with Crippen LogP contribution in [0, 0.1) is 0 Å². The first kappa shape index (κ1) is 14.5. The van der Waals surface area contributed by atoms with Gasteiger partial charge < -0.3 is 10.1 Å². The Morgan fingerprint density at radius 2 is 2.20 bits per heavy atom. The van der Waals surface area contributed by atoms with Gasteiger partial charge in [-0.15, -0.1) is 0 Å². The summed E-state index contributed by atoms with van der Waals surface area (Å²) < 4.78 is 8.36. The third kappa shape index (κ3) is 3.17. The van der Waals surface area contributed by atoms with Crippen LogP contribution in [0.2, 0.25) is 5.02 Å². The predicted molar refractivity (Wildman–Crippen MR) is 74.7 cm³/mol. The Hall–Kier alpha value is -1.86. The Morgan fingerprint density at radius 1 is 1.40 bits per heavy atom. The number of ether oxygens (including phenoxy) is 1. The summed E-state index contributed by atoms with van der Waals surface area (Å²) >= 11 is 5.97. The van der Waals surface area contributed by atoms with Gasteiger partial charge in [0.15, 0.2) is 0 Å². The number of hydrogen-bond donors (Lipinski definition) is 1. The topological polar surface area (TPSA) is 74.0 Å². The SMILES string of the molecule is CCOCn1cc(NC(=O)c2c(Cl)cnn2CC)cn1. The summed E-state index contributed by atoms with van der Waals surface area (Å²) in [5.74, 6) is -0.315. The fraction of sp³-hybridized carbons (Fsp3) is 0.417. The van der Waals surface area contributed by atoms with Gasteiger partial charge in [0, 0.05) is 13.2 Å². The second-order valence-corrected chi connectivity index (χ2v) is 4.41. The summed E-state index contributed by atoms with van der Waals surface area (Å²) in [7, 11) is 0. The van der Waals surface area contributed by atoms with Crippen molar-refractivity contribution in [2.45, 2.75) is 27.1 Å². The third-order valence-corrected chi connectivity index (χ3v) is 2.90. The normalized spacial score (nSPS) is 10.8. The molecule has 2 aromatic rings. The molecule has 1 amide bonds. The van der Waals surface area contributed by atoms with Crippen molar-refractivity contribution in [3.8, 4) is 0 Å². The first-order valence-electron chi connectivity index (χ1n) is 6.28. The van der Waals surface area contributed by atoms with E-state index in [0.717, 1.165) is 0 Å². The Labute approximate surface area is 121 Å². The van der Waals surface area contributed by atoms with Crippen LogP contribution in [-0.4, -0.2) is 32.1 Å². The predicted octanol–water partition coefficient (Wildman–Crippen LogP) is 2.00. The zero-order valence-corrected chi connectivity index (χ0v) is 12.1. The molecule has 2 heterocycles. The second kappa shape index (κ2) is 6.53. The van der Waals surface area contributed by atoms with Crippen LogP contribution in [0.25, 0.3) is 0 Å². The highest BCUT2D eigenvalue weighted by Crippen LogP contribution is 2.17. The van der Waals surface area contributed by atoms with Crippen molar-refractivity contribution >= 4 is 23.2 Å². The van der Waals surface area contributed by atoms with Crippen LogP contribution in [0.3, 0.4) is 0 Å². The van der Waals surface area contributed by atoms with Crippen molar-refractivity contribution < 1.29 is 9.53 Å². The number of anilines is 1. The number of hydrogen-bond acceptors (Lipinski definition) is 4. The number of carbonyl (C=O) groups is 1. The van der Waals surface area contributed by atoms with Crippen LogP contribution in [0.4, 0.5) is 5.69 Å². The second-order valence-electron chi connectivity index (χ2n) is 4.00. The maximum absolute atomic E-state index is 12.2. The van der Waals surface area contributed by atoms with Gasteiger partial charge in [-0.05, 0) is 13.8 Å². The average molecular weight is 298 g/mol. The number of nitrogens with zero attached hydrogens (tertiary/aromatic N) is 4. The molecule has 0 unspecified atom stereocenters. The largest absolute Gasteiger partial charge is 0.360 e. The van der Waals surface area contributed by atoms with Crippen molar-refractivity contribution in [2.75, 3.05) is 11.9 Å². The Morgan fingerprint density at radius 3 is 2.90 bits per heavy atom. The molecule has 0 radical (unpaired) electrons. The van der Waals surface area contributed by atoms with E-state index < -0.39 is 0 Å². The molecule has 0 fully saturated rings. The molecule has 8 heteroatoms. The fourth-order valence-corrected chi connectivity index (χ4v) is 1.93. The number of carbonyl (C=O) groups excluding carboxylic acids is 1. The van der Waals surface area contributed by atoms with Gasteiger partial charge in [-0.2, -0.15) is 10.2 Å². The quantitative estimate of drug-likeness (QED) is 0.885. The van der Waals surface area contributed by atoms with E-state index in [9.17, 15) is 4.79 Å². The Balaban J connectivity index is 2.07. The summed E-state index contributed by atoms with van der Waals surface area (Å²) in [4.78, 5) is 12.2. The molecule has 0 aliphatic carbocycles. The van der Waals surface area contributed by atoms with Crippen molar-refractivity contribution in [3.05, 3.63) is 29.3 Å². The van der Waals surface area contributed by atoms with Gasteiger partial charge in [0.1, 0.15) is 12.4 Å². The zero-order chi connectivity index (χ0) is 14.5. The lowest BCUT2D eigenvalue weighted by Crippen LogP contribution is -2.17. The van der Waals surface area contributed by atoms with E-state index in [4.69, 9.17) is 16.3 Å². The molecule has 20 heavy (non-hydrogen) atoms. The van der Waals surface area contributed by atoms with Gasteiger partial charge >= 0.3 is 0 Å². The lowest BCUT2D eigenvalue weighted by Gasteiger charge is -2.05. The highest BCUT2D eigenvalue weighted by atomic mass is 35.5. The minimum Gasteiger partial charge on any atom is -0.360 e. The first-order chi connectivity index (χ1) is 9.65. The van der Waals surface area contributed by atoms with Gasteiger partial charge in [0.25, 0.3) is 5.91 Å². The summed E-state index contributed by atoms with van der Waals surface area (Å²) in [6.45, 7) is 5.31. The van der Waals surface area contributed by atoms with Crippen molar-refractivity contribution in [3.63, 3.8) is 0 Å². The number of aromatic nitrogens is 4. The number of rotatable bonds is 6. The molecule has 0 aromatic carbocycles. The molecular formula is C12H16ClN5O2. The van der Waals surface area contributed by atoms with E-state index >= 15 is 0 Å². The molecule has 0 bridgehead atoms. The van der Waals surface area contributed by atoms with Gasteiger partial charge in [-0.3, -0.25) is 9.48 Å². The maximum Gasteiger partial charge on any atom is 0.275 e. The third-order valence-electron chi connectivity index (χ3n) is 2.63. The highest BCUT2D eigenvalue weighted by molar-refractivity contribution is 6.34. The Kier molecular flexibility index (Phi) is 4.75. The summed E-state index contributed by atoms with van der Waals surface area (Å²) in [5.41, 5.74) is 0.918. The zero-order valence-electron chi connectivity index (χ0n) is 11.3. The van der Waals surface area contributed by atoms with E-state index in [-0.39, 0.29) is 5.91 Å². The van der Waals surface area contributed by atoms with Crippen molar-refractivity contribution in [1.82, 2.24) is 19.6 Å². The molecule has 0 saturated heterocycles. The molecule has 1 N–H and O–H groups in total. The number of aryl methyl sites for hydroxylation is 1. The summed E-state index contributed by atoms with van der Waals surface area (Å²) in [5, 5.41) is 11.2. The first-order valence-corrected chi connectivity index (χ1v) is 6.66. The summed E-state index contributed by atoms with van der Waals surface area (Å²) in [6, 6.07) is 0.